The number of hydrogen-bond acceptors (Lipinski definition) is 4. The van der Waals surface area contributed by atoms with Crippen molar-refractivity contribution in [3.63, 3.8) is 0 Å². The van der Waals surface area contributed by atoms with Crippen molar-refractivity contribution in [3.8, 4) is 10.6 Å². The molecule has 0 unspecified atom stereocenters. The maximum absolute atomic E-state index is 11.5. The van der Waals surface area contributed by atoms with Gasteiger partial charge in [0, 0.05) is 10.9 Å². The Morgan fingerprint density at radius 3 is 2.58 bits per heavy atom. The van der Waals surface area contributed by atoms with Crippen molar-refractivity contribution in [2.45, 2.75) is 19.8 Å². The summed E-state index contributed by atoms with van der Waals surface area (Å²) in [5, 5.41) is 2.55. The van der Waals surface area contributed by atoms with Crippen LogP contribution in [0.1, 0.15) is 35.8 Å². The van der Waals surface area contributed by atoms with Gasteiger partial charge in [-0.25, -0.2) is 10.5 Å². The third-order valence-corrected chi connectivity index (χ3v) is 3.65. The zero-order chi connectivity index (χ0) is 13.8. The number of rotatable bonds is 4. The largest absolute Gasteiger partial charge is 0.294 e. The highest BCUT2D eigenvalue weighted by Crippen LogP contribution is 2.25. The first-order chi connectivity index (χ1) is 9.11. The van der Waals surface area contributed by atoms with Crippen LogP contribution in [0.4, 0.5) is 0 Å². The van der Waals surface area contributed by atoms with Crippen molar-refractivity contribution in [1.82, 2.24) is 10.5 Å². The molecule has 5 heteroatoms. The van der Waals surface area contributed by atoms with E-state index in [4.69, 9.17) is 0 Å². The minimum atomic E-state index is -0.330. The first-order valence-corrected chi connectivity index (χ1v) is 6.89. The molecule has 1 aromatic carbocycles. The second kappa shape index (κ2) is 5.95. The van der Waals surface area contributed by atoms with Crippen LogP contribution in [0.5, 0.6) is 0 Å². The zero-order valence-corrected chi connectivity index (χ0v) is 12.0. The van der Waals surface area contributed by atoms with Crippen LogP contribution in [0.2, 0.25) is 0 Å². The number of hydrogen-bond donors (Lipinski definition) is 1. The summed E-state index contributed by atoms with van der Waals surface area (Å²) in [6.07, 6.45) is 0. The van der Waals surface area contributed by atoms with Crippen molar-refractivity contribution in [3.05, 3.63) is 40.9 Å². The molecule has 0 saturated carbocycles. The molecule has 0 aliphatic carbocycles. The molecule has 1 N–H and O–H groups in total. The van der Waals surface area contributed by atoms with E-state index < -0.39 is 0 Å². The first-order valence-electron chi connectivity index (χ1n) is 6.01. The fourth-order valence-corrected chi connectivity index (χ4v) is 2.47. The Labute approximate surface area is 116 Å². The average Bonchev–Trinajstić information content (AvgIpc) is 2.89. The summed E-state index contributed by atoms with van der Waals surface area (Å²) in [7, 11) is 1.40. The Morgan fingerprint density at radius 2 is 2.00 bits per heavy atom. The van der Waals surface area contributed by atoms with Gasteiger partial charge in [-0.05, 0) is 11.5 Å². The molecule has 1 aromatic heterocycles. The van der Waals surface area contributed by atoms with E-state index in [0.717, 1.165) is 10.6 Å². The molecule has 0 fully saturated rings. The minimum absolute atomic E-state index is 0.330. The summed E-state index contributed by atoms with van der Waals surface area (Å²) in [5.74, 6) is 0.178. The number of benzene rings is 1. The summed E-state index contributed by atoms with van der Waals surface area (Å²) in [5.41, 5.74) is 4.93. The lowest BCUT2D eigenvalue weighted by molar-refractivity contribution is 0.0533. The maximum Gasteiger partial charge on any atom is 0.294 e. The molecule has 0 spiro atoms. The molecule has 0 saturated heterocycles. The molecule has 0 radical (unpaired) electrons. The fourth-order valence-electron chi connectivity index (χ4n) is 1.67. The topological polar surface area (TPSA) is 51.2 Å². The molecule has 1 heterocycles. The summed E-state index contributed by atoms with van der Waals surface area (Å²) in [4.78, 5) is 20.4. The van der Waals surface area contributed by atoms with Crippen molar-refractivity contribution < 1.29 is 9.63 Å². The summed E-state index contributed by atoms with van der Waals surface area (Å²) < 4.78 is 0. The maximum atomic E-state index is 11.5. The van der Waals surface area contributed by atoms with Gasteiger partial charge in [0.2, 0.25) is 0 Å². The molecule has 0 bridgehead atoms. The van der Waals surface area contributed by atoms with Gasteiger partial charge in [0.25, 0.3) is 5.91 Å². The van der Waals surface area contributed by atoms with Gasteiger partial charge < -0.3 is 0 Å². The Bertz CT molecular complexity index is 561. The lowest BCUT2D eigenvalue weighted by Gasteiger charge is -2.05. The molecule has 1 amide bonds. The number of nitrogens with zero attached hydrogens (tertiary/aromatic N) is 1. The van der Waals surface area contributed by atoms with E-state index >= 15 is 0 Å². The van der Waals surface area contributed by atoms with Gasteiger partial charge >= 0.3 is 0 Å². The molecule has 100 valence electrons. The van der Waals surface area contributed by atoms with E-state index in [-0.39, 0.29) is 5.91 Å². The lowest BCUT2D eigenvalue weighted by atomic mass is 10.0. The fraction of sp³-hybridized carbons (Fsp3) is 0.286. The number of hydroxylamine groups is 1. The quantitative estimate of drug-likeness (QED) is 0.872. The van der Waals surface area contributed by atoms with E-state index in [0.29, 0.717) is 11.6 Å². The monoisotopic (exact) mass is 276 g/mol. The number of nitrogens with one attached hydrogen (secondary N) is 1. The van der Waals surface area contributed by atoms with Crippen molar-refractivity contribution in [2.75, 3.05) is 7.11 Å². The molecule has 2 rings (SSSR count). The van der Waals surface area contributed by atoms with E-state index in [1.807, 2.05) is 12.1 Å². The minimum Gasteiger partial charge on any atom is -0.277 e. The van der Waals surface area contributed by atoms with Crippen LogP contribution in [0.15, 0.2) is 29.6 Å². The Hall–Kier alpha value is -1.72. The molecule has 0 aliphatic heterocycles. The third kappa shape index (κ3) is 3.19. The normalized spacial score (nSPS) is 10.7. The van der Waals surface area contributed by atoms with Gasteiger partial charge in [-0.1, -0.05) is 38.1 Å². The highest BCUT2D eigenvalue weighted by atomic mass is 32.1. The van der Waals surface area contributed by atoms with Gasteiger partial charge in [0.15, 0.2) is 0 Å². The zero-order valence-electron chi connectivity index (χ0n) is 11.1. The SMILES string of the molecule is CONC(=O)c1csc(-c2ccc(C(C)C)cc2)n1. The summed E-state index contributed by atoms with van der Waals surface area (Å²) in [6, 6.07) is 8.25. The molecule has 0 atom stereocenters. The van der Waals surface area contributed by atoms with Crippen LogP contribution < -0.4 is 5.48 Å². The van der Waals surface area contributed by atoms with Crippen LogP contribution in [-0.4, -0.2) is 18.0 Å². The van der Waals surface area contributed by atoms with E-state index in [2.05, 4.69) is 41.3 Å². The molecular formula is C14H16N2O2S. The van der Waals surface area contributed by atoms with Gasteiger partial charge in [-0.2, -0.15) is 0 Å². The standard InChI is InChI=1S/C14H16N2O2S/c1-9(2)10-4-6-11(7-5-10)14-15-12(8-19-14)13(17)16-18-3/h4-9H,1-3H3,(H,16,17). The Balaban J connectivity index is 2.20. The second-order valence-corrected chi connectivity index (χ2v) is 5.31. The van der Waals surface area contributed by atoms with Gasteiger partial charge in [0.1, 0.15) is 10.7 Å². The molecule has 19 heavy (non-hydrogen) atoms. The Kier molecular flexibility index (Phi) is 4.29. The van der Waals surface area contributed by atoms with Crippen LogP contribution in [-0.2, 0) is 4.84 Å². The van der Waals surface area contributed by atoms with E-state index in [1.54, 1.807) is 5.38 Å². The molecule has 2 aromatic rings. The van der Waals surface area contributed by atoms with Crippen LogP contribution in [0.3, 0.4) is 0 Å². The third-order valence-electron chi connectivity index (χ3n) is 2.76. The molecule has 0 aliphatic rings. The predicted octanol–water partition coefficient (Wildman–Crippen LogP) is 3.22. The van der Waals surface area contributed by atoms with Gasteiger partial charge in [-0.15, -0.1) is 11.3 Å². The predicted molar refractivity (Wildman–Crippen MR) is 76.1 cm³/mol. The average molecular weight is 276 g/mol. The van der Waals surface area contributed by atoms with E-state index in [9.17, 15) is 4.79 Å². The number of amides is 1. The van der Waals surface area contributed by atoms with Crippen molar-refractivity contribution >= 4 is 17.2 Å². The first kappa shape index (κ1) is 13.7. The van der Waals surface area contributed by atoms with Crippen molar-refractivity contribution in [1.29, 1.82) is 0 Å². The van der Waals surface area contributed by atoms with E-state index in [1.165, 1.54) is 24.0 Å². The van der Waals surface area contributed by atoms with Gasteiger partial charge in [0.05, 0.1) is 7.11 Å². The van der Waals surface area contributed by atoms with Crippen LogP contribution in [0, 0.1) is 0 Å². The van der Waals surface area contributed by atoms with Crippen LogP contribution in [0.25, 0.3) is 10.6 Å². The highest BCUT2D eigenvalue weighted by molar-refractivity contribution is 7.13. The number of aromatic nitrogens is 1. The summed E-state index contributed by atoms with van der Waals surface area (Å²) in [6.45, 7) is 4.32. The Morgan fingerprint density at radius 1 is 1.32 bits per heavy atom. The van der Waals surface area contributed by atoms with Gasteiger partial charge in [-0.3, -0.25) is 9.63 Å². The second-order valence-electron chi connectivity index (χ2n) is 4.45. The summed E-state index contributed by atoms with van der Waals surface area (Å²) >= 11 is 1.44. The lowest BCUT2D eigenvalue weighted by Crippen LogP contribution is -2.21. The smallest absolute Gasteiger partial charge is 0.277 e. The van der Waals surface area contributed by atoms with Crippen molar-refractivity contribution in [2.24, 2.45) is 0 Å². The highest BCUT2D eigenvalue weighted by Gasteiger charge is 2.11. The number of thiazole rings is 1. The molecular weight excluding hydrogens is 260 g/mol. The van der Waals surface area contributed by atoms with Crippen LogP contribution >= 0.6 is 11.3 Å². The number of carbonyl (C=O) groups excluding carboxylic acids is 1. The number of carbonyl (C=O) groups is 1. The molecule has 4 nitrogen and oxygen atoms in total.